The highest BCUT2D eigenvalue weighted by Gasteiger charge is 2.45. The summed E-state index contributed by atoms with van der Waals surface area (Å²) in [6.07, 6.45) is 0. The molecule has 0 spiro atoms. The molecule has 1 aromatic carbocycles. The average molecular weight is 336 g/mol. The van der Waals surface area contributed by atoms with E-state index in [-0.39, 0.29) is 10.7 Å². The molecule has 1 aromatic heterocycles. The van der Waals surface area contributed by atoms with E-state index in [0.29, 0.717) is 11.1 Å². The second-order valence-electron chi connectivity index (χ2n) is 6.42. The summed E-state index contributed by atoms with van der Waals surface area (Å²) in [6, 6.07) is 5.00. The number of fused-ring (bicyclic) bond motifs is 1. The molecule has 2 rings (SSSR count). The standard InChI is InChI=1S/C16H20N2O4S/c1-15(2,13(20)21-5)16(3,4)18-12(19)9-6-7-10-11(8-9)22-14(23)17-10/h6-8H,1-5H3,(H,17,23)(H,18,19). The number of benzene rings is 1. The number of rotatable bonds is 4. The maximum absolute atomic E-state index is 12.5. The van der Waals surface area contributed by atoms with E-state index in [9.17, 15) is 9.59 Å². The summed E-state index contributed by atoms with van der Waals surface area (Å²) in [5.41, 5.74) is -0.0596. The van der Waals surface area contributed by atoms with Crippen molar-refractivity contribution in [3.63, 3.8) is 0 Å². The molecule has 0 unspecified atom stereocenters. The first-order chi connectivity index (χ1) is 10.6. The van der Waals surface area contributed by atoms with Crippen molar-refractivity contribution < 1.29 is 18.7 Å². The number of aromatic nitrogens is 1. The van der Waals surface area contributed by atoms with Gasteiger partial charge in [0.2, 0.25) is 0 Å². The zero-order valence-corrected chi connectivity index (χ0v) is 14.6. The molecule has 7 heteroatoms. The number of ether oxygens (including phenoxy) is 1. The number of carbonyl (C=O) groups is 2. The Bertz CT molecular complexity index is 817. The number of hydrogen-bond acceptors (Lipinski definition) is 5. The molecule has 23 heavy (non-hydrogen) atoms. The summed E-state index contributed by atoms with van der Waals surface area (Å²) in [5, 5.41) is 2.88. The van der Waals surface area contributed by atoms with E-state index in [0.717, 1.165) is 5.52 Å². The number of amides is 1. The molecule has 0 bridgehead atoms. The average Bonchev–Trinajstić information content (AvgIpc) is 2.84. The number of methoxy groups -OCH3 is 1. The Hall–Kier alpha value is -2.15. The molecule has 2 N–H and O–H groups in total. The first-order valence-electron chi connectivity index (χ1n) is 7.12. The van der Waals surface area contributed by atoms with Gasteiger partial charge in [-0.2, -0.15) is 0 Å². The molecule has 0 fully saturated rings. The van der Waals surface area contributed by atoms with Crippen LogP contribution >= 0.6 is 12.2 Å². The third-order valence-corrected chi connectivity index (χ3v) is 4.55. The van der Waals surface area contributed by atoms with Crippen LogP contribution in [0.3, 0.4) is 0 Å². The fourth-order valence-electron chi connectivity index (χ4n) is 2.11. The summed E-state index contributed by atoms with van der Waals surface area (Å²) in [5.74, 6) is -0.703. The highest BCUT2D eigenvalue weighted by molar-refractivity contribution is 7.71. The van der Waals surface area contributed by atoms with Gasteiger partial charge in [-0.1, -0.05) is 0 Å². The molecule has 1 amide bonds. The monoisotopic (exact) mass is 336 g/mol. The number of esters is 1. The largest absolute Gasteiger partial charge is 0.469 e. The molecular formula is C16H20N2O4S. The molecule has 6 nitrogen and oxygen atoms in total. The Balaban J connectivity index is 2.28. The fourth-order valence-corrected chi connectivity index (χ4v) is 2.31. The lowest BCUT2D eigenvalue weighted by molar-refractivity contribution is -0.154. The quantitative estimate of drug-likeness (QED) is 0.661. The second-order valence-corrected chi connectivity index (χ2v) is 6.79. The lowest BCUT2D eigenvalue weighted by atomic mass is 9.74. The van der Waals surface area contributed by atoms with Gasteiger partial charge in [-0.3, -0.25) is 9.59 Å². The van der Waals surface area contributed by atoms with Crippen molar-refractivity contribution in [2.75, 3.05) is 7.11 Å². The van der Waals surface area contributed by atoms with E-state index in [2.05, 4.69) is 10.3 Å². The van der Waals surface area contributed by atoms with Crippen molar-refractivity contribution in [2.45, 2.75) is 33.2 Å². The SMILES string of the molecule is COC(=O)C(C)(C)C(C)(C)NC(=O)c1ccc2[nH]c(=S)oc2c1. The van der Waals surface area contributed by atoms with Crippen molar-refractivity contribution in [3.05, 3.63) is 28.6 Å². The summed E-state index contributed by atoms with van der Waals surface area (Å²) < 4.78 is 10.1. The molecule has 1 heterocycles. The summed E-state index contributed by atoms with van der Waals surface area (Å²) in [7, 11) is 1.33. The van der Waals surface area contributed by atoms with Gasteiger partial charge in [-0.15, -0.1) is 0 Å². The third-order valence-electron chi connectivity index (χ3n) is 4.37. The van der Waals surface area contributed by atoms with Crippen LogP contribution in [0.25, 0.3) is 11.1 Å². The Labute approximate surface area is 139 Å². The van der Waals surface area contributed by atoms with Gasteiger partial charge in [-0.05, 0) is 58.1 Å². The highest BCUT2D eigenvalue weighted by atomic mass is 32.1. The molecule has 0 aliphatic rings. The molecule has 0 aliphatic carbocycles. The van der Waals surface area contributed by atoms with Gasteiger partial charge >= 0.3 is 5.97 Å². The van der Waals surface area contributed by atoms with E-state index in [1.807, 2.05) is 0 Å². The zero-order valence-electron chi connectivity index (χ0n) is 13.8. The first kappa shape index (κ1) is 17.2. The van der Waals surface area contributed by atoms with Crippen LogP contribution in [-0.2, 0) is 9.53 Å². The number of nitrogens with one attached hydrogen (secondary N) is 2. The van der Waals surface area contributed by atoms with Crippen LogP contribution in [0, 0.1) is 10.3 Å². The van der Waals surface area contributed by atoms with Gasteiger partial charge in [0.1, 0.15) is 0 Å². The summed E-state index contributed by atoms with van der Waals surface area (Å²) in [4.78, 5) is 27.6. The summed E-state index contributed by atoms with van der Waals surface area (Å²) in [6.45, 7) is 7.02. The molecule has 124 valence electrons. The number of oxazole rings is 1. The maximum atomic E-state index is 12.5. The van der Waals surface area contributed by atoms with Gasteiger partial charge in [0.05, 0.1) is 23.6 Å². The van der Waals surface area contributed by atoms with Gasteiger partial charge < -0.3 is 19.5 Å². The smallest absolute Gasteiger partial charge is 0.313 e. The lowest BCUT2D eigenvalue weighted by Crippen LogP contribution is -2.57. The van der Waals surface area contributed by atoms with Crippen LogP contribution < -0.4 is 5.32 Å². The summed E-state index contributed by atoms with van der Waals surface area (Å²) >= 11 is 4.93. The van der Waals surface area contributed by atoms with E-state index in [1.165, 1.54) is 7.11 Å². The molecule has 0 aliphatic heterocycles. The Morgan fingerprint density at radius 1 is 1.26 bits per heavy atom. The normalized spacial score (nSPS) is 12.2. The zero-order chi connectivity index (χ0) is 17.4. The van der Waals surface area contributed by atoms with Crippen LogP contribution in [0.15, 0.2) is 22.6 Å². The topological polar surface area (TPSA) is 84.3 Å². The highest BCUT2D eigenvalue weighted by Crippen LogP contribution is 2.32. The predicted molar refractivity (Wildman–Crippen MR) is 88.7 cm³/mol. The minimum atomic E-state index is -0.895. The van der Waals surface area contributed by atoms with E-state index in [4.69, 9.17) is 21.4 Å². The van der Waals surface area contributed by atoms with Crippen molar-refractivity contribution >= 4 is 35.2 Å². The van der Waals surface area contributed by atoms with E-state index in [1.54, 1.807) is 45.9 Å². The van der Waals surface area contributed by atoms with Crippen molar-refractivity contribution in [1.82, 2.24) is 10.3 Å². The number of carbonyl (C=O) groups excluding carboxylic acids is 2. The van der Waals surface area contributed by atoms with Crippen LogP contribution in [0.1, 0.15) is 38.1 Å². The Morgan fingerprint density at radius 2 is 1.91 bits per heavy atom. The molecule has 0 saturated heterocycles. The minimum absolute atomic E-state index is 0.254. The molecule has 0 saturated carbocycles. The van der Waals surface area contributed by atoms with Crippen LogP contribution in [0.2, 0.25) is 0 Å². The van der Waals surface area contributed by atoms with Crippen molar-refractivity contribution in [3.8, 4) is 0 Å². The number of H-pyrrole nitrogens is 1. The minimum Gasteiger partial charge on any atom is -0.469 e. The van der Waals surface area contributed by atoms with Crippen LogP contribution in [0.4, 0.5) is 0 Å². The second kappa shape index (κ2) is 5.81. The number of aromatic amines is 1. The van der Waals surface area contributed by atoms with Gasteiger partial charge in [0.25, 0.3) is 10.7 Å². The predicted octanol–water partition coefficient (Wildman–Crippen LogP) is 3.20. The van der Waals surface area contributed by atoms with Gasteiger partial charge in [0.15, 0.2) is 5.58 Å². The van der Waals surface area contributed by atoms with Crippen LogP contribution in [0.5, 0.6) is 0 Å². The van der Waals surface area contributed by atoms with Gasteiger partial charge in [-0.25, -0.2) is 0 Å². The Kier molecular flexibility index (Phi) is 4.34. The third kappa shape index (κ3) is 3.14. The fraction of sp³-hybridized carbons (Fsp3) is 0.438. The van der Waals surface area contributed by atoms with Crippen molar-refractivity contribution in [2.24, 2.45) is 5.41 Å². The molecule has 0 atom stereocenters. The maximum Gasteiger partial charge on any atom is 0.313 e. The first-order valence-corrected chi connectivity index (χ1v) is 7.53. The lowest BCUT2D eigenvalue weighted by Gasteiger charge is -2.39. The van der Waals surface area contributed by atoms with Crippen LogP contribution in [-0.4, -0.2) is 29.5 Å². The van der Waals surface area contributed by atoms with E-state index < -0.39 is 16.9 Å². The molecule has 2 aromatic rings. The molecular weight excluding hydrogens is 316 g/mol. The van der Waals surface area contributed by atoms with E-state index >= 15 is 0 Å². The number of hydrogen-bond donors (Lipinski definition) is 2. The van der Waals surface area contributed by atoms with Crippen molar-refractivity contribution in [1.29, 1.82) is 0 Å². The van der Waals surface area contributed by atoms with Gasteiger partial charge in [0, 0.05) is 5.56 Å². The molecule has 0 radical (unpaired) electrons. The Morgan fingerprint density at radius 3 is 2.52 bits per heavy atom.